The number of halogens is 1. The van der Waals surface area contributed by atoms with Gasteiger partial charge in [0.25, 0.3) is 0 Å². The standard InChI is InChI=1S/C34H40INO7S/c1-20-8-10-22(11-9-20)44(39,40)43-32-23(35)14-21(15-28(32)42-7)29-30-24(16-33(2,3)18-26(30)37)36(12-13-41-6)25-17-34(4,5)19-27(38)31(25)29/h8-11,14-15,29H,12-13,16-19H2,1-7H3. The van der Waals surface area contributed by atoms with Crippen LogP contribution in [0.15, 0.2) is 63.8 Å². The summed E-state index contributed by atoms with van der Waals surface area (Å²) < 4.78 is 43.8. The third-order valence-corrected chi connectivity index (χ3v) is 10.7. The predicted octanol–water partition coefficient (Wildman–Crippen LogP) is 6.71. The maximum absolute atomic E-state index is 14.0. The Morgan fingerprint density at radius 3 is 1.93 bits per heavy atom. The fourth-order valence-electron chi connectivity index (χ4n) is 6.68. The summed E-state index contributed by atoms with van der Waals surface area (Å²) in [6.45, 7) is 11.3. The largest absolute Gasteiger partial charge is 0.493 e. The Morgan fingerprint density at radius 1 is 0.886 bits per heavy atom. The van der Waals surface area contributed by atoms with Gasteiger partial charge in [0, 0.05) is 55.0 Å². The van der Waals surface area contributed by atoms with Crippen LogP contribution in [0.2, 0.25) is 0 Å². The molecular formula is C34H40INO7S. The molecule has 0 unspecified atom stereocenters. The number of carbonyl (C=O) groups is 2. The highest BCUT2D eigenvalue weighted by Gasteiger charge is 2.49. The summed E-state index contributed by atoms with van der Waals surface area (Å²) in [7, 11) is -1.05. The quantitative estimate of drug-likeness (QED) is 0.218. The second-order valence-electron chi connectivity index (χ2n) is 13.6. The van der Waals surface area contributed by atoms with Crippen molar-refractivity contribution in [2.45, 2.75) is 71.1 Å². The maximum Gasteiger partial charge on any atom is 0.339 e. The van der Waals surface area contributed by atoms with E-state index in [1.54, 1.807) is 25.3 Å². The lowest BCUT2D eigenvalue weighted by atomic mass is 9.63. The first-order valence-corrected chi connectivity index (χ1v) is 17.2. The van der Waals surface area contributed by atoms with Crippen LogP contribution in [0, 0.1) is 21.3 Å². The highest BCUT2D eigenvalue weighted by molar-refractivity contribution is 14.1. The van der Waals surface area contributed by atoms with Crippen molar-refractivity contribution in [3.8, 4) is 11.5 Å². The summed E-state index contributed by atoms with van der Waals surface area (Å²) in [5, 5.41) is 0. The van der Waals surface area contributed by atoms with Crippen molar-refractivity contribution >= 4 is 44.3 Å². The Balaban J connectivity index is 1.69. The second kappa shape index (κ2) is 11.9. The van der Waals surface area contributed by atoms with Crippen LogP contribution in [-0.4, -0.2) is 52.3 Å². The second-order valence-corrected chi connectivity index (χ2v) is 16.3. The van der Waals surface area contributed by atoms with Gasteiger partial charge in [0.15, 0.2) is 23.1 Å². The molecule has 0 radical (unpaired) electrons. The molecule has 0 saturated heterocycles. The molecule has 1 heterocycles. The van der Waals surface area contributed by atoms with Gasteiger partial charge in [-0.25, -0.2) is 0 Å². The molecule has 10 heteroatoms. The van der Waals surface area contributed by atoms with E-state index in [0.717, 1.165) is 17.0 Å². The molecule has 0 atom stereocenters. The highest BCUT2D eigenvalue weighted by atomic mass is 127. The van der Waals surface area contributed by atoms with Gasteiger partial charge >= 0.3 is 10.1 Å². The van der Waals surface area contributed by atoms with Crippen molar-refractivity contribution in [2.75, 3.05) is 27.4 Å². The molecule has 0 bridgehead atoms. The van der Waals surface area contributed by atoms with Crippen molar-refractivity contribution in [3.05, 3.63) is 73.6 Å². The Hall–Kier alpha value is -2.70. The zero-order valence-corrected chi connectivity index (χ0v) is 29.3. The molecule has 0 fully saturated rings. The summed E-state index contributed by atoms with van der Waals surface area (Å²) in [4.78, 5) is 30.3. The molecule has 2 aromatic carbocycles. The molecule has 5 rings (SSSR count). The SMILES string of the molecule is COCCN1C2=C(C(=O)CC(C)(C)C2)C(c2cc(I)c(OS(=O)(=O)c3ccc(C)cc3)c(OC)c2)C2=C1CC(C)(C)CC2=O. The lowest BCUT2D eigenvalue weighted by Gasteiger charge is -2.49. The Morgan fingerprint density at radius 2 is 1.43 bits per heavy atom. The molecule has 2 aliphatic carbocycles. The lowest BCUT2D eigenvalue weighted by molar-refractivity contribution is -0.119. The number of methoxy groups -OCH3 is 2. The monoisotopic (exact) mass is 733 g/mol. The van der Waals surface area contributed by atoms with Crippen LogP contribution in [-0.2, 0) is 24.4 Å². The van der Waals surface area contributed by atoms with E-state index in [0.29, 0.717) is 59.1 Å². The van der Waals surface area contributed by atoms with Crippen LogP contribution in [0.3, 0.4) is 0 Å². The normalized spacial score (nSPS) is 20.0. The maximum atomic E-state index is 14.0. The van der Waals surface area contributed by atoms with E-state index in [1.807, 2.05) is 35.6 Å². The third-order valence-electron chi connectivity index (χ3n) is 8.63. The van der Waals surface area contributed by atoms with Crippen molar-refractivity contribution in [3.63, 3.8) is 0 Å². The topological polar surface area (TPSA) is 99.2 Å². The van der Waals surface area contributed by atoms with E-state index < -0.39 is 16.0 Å². The van der Waals surface area contributed by atoms with Gasteiger partial charge in [0.05, 0.1) is 17.3 Å². The average molecular weight is 734 g/mol. The van der Waals surface area contributed by atoms with E-state index in [1.165, 1.54) is 19.2 Å². The van der Waals surface area contributed by atoms with Gasteiger partial charge in [-0.2, -0.15) is 8.42 Å². The molecule has 2 aromatic rings. The third kappa shape index (κ3) is 6.22. The molecule has 236 valence electrons. The van der Waals surface area contributed by atoms with E-state index >= 15 is 0 Å². The molecule has 0 amide bonds. The van der Waals surface area contributed by atoms with Gasteiger partial charge in [-0.05, 0) is 83.0 Å². The first kappa shape index (κ1) is 32.7. The van der Waals surface area contributed by atoms with Crippen LogP contribution >= 0.6 is 22.6 Å². The van der Waals surface area contributed by atoms with Crippen molar-refractivity contribution in [1.29, 1.82) is 0 Å². The molecule has 0 N–H and O–H groups in total. The number of nitrogens with zero attached hydrogens (tertiary/aromatic N) is 1. The fourth-order valence-corrected chi connectivity index (χ4v) is 8.53. The Kier molecular flexibility index (Phi) is 8.85. The summed E-state index contributed by atoms with van der Waals surface area (Å²) in [5.41, 5.74) is 4.27. The minimum absolute atomic E-state index is 0.0177. The molecule has 3 aliphatic rings. The average Bonchev–Trinajstić information content (AvgIpc) is 2.91. The van der Waals surface area contributed by atoms with Crippen molar-refractivity contribution in [2.24, 2.45) is 10.8 Å². The van der Waals surface area contributed by atoms with Crippen LogP contribution in [0.5, 0.6) is 11.5 Å². The van der Waals surface area contributed by atoms with E-state index in [4.69, 9.17) is 13.7 Å². The smallest absolute Gasteiger partial charge is 0.339 e. The van der Waals surface area contributed by atoms with Crippen molar-refractivity contribution in [1.82, 2.24) is 4.90 Å². The Labute approximate surface area is 274 Å². The number of aryl methyl sites for hydroxylation is 1. The lowest BCUT2D eigenvalue weighted by Crippen LogP contribution is -2.45. The van der Waals surface area contributed by atoms with Crippen LogP contribution in [0.25, 0.3) is 0 Å². The number of hydrogen-bond acceptors (Lipinski definition) is 8. The summed E-state index contributed by atoms with van der Waals surface area (Å²) in [6.07, 6.45) is 2.10. The van der Waals surface area contributed by atoms with Crippen LogP contribution in [0.1, 0.15) is 70.4 Å². The molecule has 0 saturated carbocycles. The van der Waals surface area contributed by atoms with Gasteiger partial charge in [-0.15, -0.1) is 0 Å². The number of benzene rings is 2. The molecule has 8 nitrogen and oxygen atoms in total. The number of ketones is 2. The van der Waals surface area contributed by atoms with E-state index in [2.05, 4.69) is 32.6 Å². The van der Waals surface area contributed by atoms with Gasteiger partial charge in [0.2, 0.25) is 0 Å². The van der Waals surface area contributed by atoms with E-state index in [-0.39, 0.29) is 38.8 Å². The van der Waals surface area contributed by atoms with E-state index in [9.17, 15) is 18.0 Å². The summed E-state index contributed by atoms with van der Waals surface area (Å²) in [6, 6.07) is 9.96. The highest BCUT2D eigenvalue weighted by Crippen LogP contribution is 2.55. The van der Waals surface area contributed by atoms with Crippen LogP contribution < -0.4 is 8.92 Å². The molecule has 1 aliphatic heterocycles. The Bertz CT molecular complexity index is 1630. The molecular weight excluding hydrogens is 693 g/mol. The number of rotatable bonds is 8. The summed E-state index contributed by atoms with van der Waals surface area (Å²) >= 11 is 2.04. The molecule has 0 aromatic heterocycles. The fraction of sp³-hybridized carbons (Fsp3) is 0.471. The zero-order chi connectivity index (χ0) is 32.2. The van der Waals surface area contributed by atoms with Gasteiger partial charge in [0.1, 0.15) is 4.90 Å². The number of Topliss-reactive ketones (excluding diaryl/α,β-unsaturated/α-hetero) is 2. The van der Waals surface area contributed by atoms with Crippen LogP contribution in [0.4, 0.5) is 0 Å². The summed E-state index contributed by atoms with van der Waals surface area (Å²) in [5.74, 6) is -0.296. The first-order chi connectivity index (χ1) is 20.6. The minimum Gasteiger partial charge on any atom is -0.493 e. The number of allylic oxidation sites excluding steroid dienone is 4. The van der Waals surface area contributed by atoms with Crippen molar-refractivity contribution < 1.29 is 31.7 Å². The van der Waals surface area contributed by atoms with Gasteiger partial charge in [-0.3, -0.25) is 9.59 Å². The minimum atomic E-state index is -4.15. The number of carbonyl (C=O) groups excluding carboxylic acids is 2. The van der Waals surface area contributed by atoms with Gasteiger partial charge in [-0.1, -0.05) is 45.4 Å². The van der Waals surface area contributed by atoms with Gasteiger partial charge < -0.3 is 18.6 Å². The predicted molar refractivity (Wildman–Crippen MR) is 176 cm³/mol. The zero-order valence-electron chi connectivity index (χ0n) is 26.4. The molecule has 44 heavy (non-hydrogen) atoms. The number of hydrogen-bond donors (Lipinski definition) is 0. The molecule has 0 spiro atoms. The first-order valence-electron chi connectivity index (χ1n) is 14.7. The number of ether oxygens (including phenoxy) is 2.